The second kappa shape index (κ2) is 2.70. The number of hydrogen-bond acceptors (Lipinski definition) is 3. The molecule has 0 spiro atoms. The fraction of sp³-hybridized carbons (Fsp3) is 0. The molecule has 0 aliphatic rings. The highest BCUT2D eigenvalue weighted by atomic mass is 16.3. The van der Waals surface area contributed by atoms with Gasteiger partial charge in [0.15, 0.2) is 0 Å². The smallest absolute Gasteiger partial charge is 0.135 e. The maximum atomic E-state index is 5.24. The van der Waals surface area contributed by atoms with Gasteiger partial charge in [-0.05, 0) is 12.1 Å². The van der Waals surface area contributed by atoms with E-state index in [9.17, 15) is 0 Å². The maximum Gasteiger partial charge on any atom is 0.135 e. The van der Waals surface area contributed by atoms with Gasteiger partial charge in [-0.3, -0.25) is 0 Å². The molecule has 1 aromatic heterocycles. The number of rotatable bonds is 0. The normalized spacial score (nSPS) is 12.2. The topological polar surface area (TPSA) is 51.5 Å². The van der Waals surface area contributed by atoms with Gasteiger partial charge in [-0.15, -0.1) is 0 Å². The van der Waals surface area contributed by atoms with Crippen molar-refractivity contribution in [2.24, 2.45) is 10.9 Å². The quantitative estimate of drug-likeness (QED) is 0.465. The Morgan fingerprint density at radius 2 is 2.00 bits per heavy atom. The first-order chi connectivity index (χ1) is 5.92. The van der Waals surface area contributed by atoms with E-state index in [0.29, 0.717) is 0 Å². The van der Waals surface area contributed by atoms with Crippen molar-refractivity contribution in [3.05, 3.63) is 42.0 Å². The summed E-state index contributed by atoms with van der Waals surface area (Å²) in [5.74, 6) is 5.20. The third-order valence-electron chi connectivity index (χ3n) is 1.72. The lowest BCUT2D eigenvalue weighted by molar-refractivity contribution is 0.601. The minimum absolute atomic E-state index is 0.747. The Bertz CT molecular complexity index is 454. The Morgan fingerprint density at radius 1 is 1.17 bits per heavy atom. The van der Waals surface area contributed by atoms with E-state index in [1.165, 1.54) is 0 Å². The Balaban J connectivity index is 2.99. The second-order valence-corrected chi connectivity index (χ2v) is 2.43. The molecule has 0 saturated heterocycles. The molecule has 0 fully saturated rings. The summed E-state index contributed by atoms with van der Waals surface area (Å²) in [5, 5.41) is 5.32. The van der Waals surface area contributed by atoms with Crippen LogP contribution in [0.1, 0.15) is 0 Å². The van der Waals surface area contributed by atoms with Crippen LogP contribution >= 0.6 is 0 Å². The van der Waals surface area contributed by atoms with Crippen molar-refractivity contribution < 1.29 is 4.42 Å². The van der Waals surface area contributed by atoms with Crippen molar-refractivity contribution in [1.29, 1.82) is 0 Å². The van der Waals surface area contributed by atoms with Gasteiger partial charge in [-0.2, -0.15) is 5.10 Å². The minimum atomic E-state index is 0.747. The Kier molecular flexibility index (Phi) is 1.55. The number of nitrogens with two attached hydrogens (primary N) is 1. The highest BCUT2D eigenvalue weighted by Gasteiger charge is 1.94. The van der Waals surface area contributed by atoms with Crippen LogP contribution < -0.4 is 11.2 Å². The van der Waals surface area contributed by atoms with Crippen LogP contribution in [0.25, 0.3) is 11.0 Å². The number of para-hydroxylation sites is 1. The lowest BCUT2D eigenvalue weighted by Crippen LogP contribution is -2.04. The van der Waals surface area contributed by atoms with E-state index in [1.807, 2.05) is 24.3 Å². The number of hydrogen-bond donors (Lipinski definition) is 1. The lowest BCUT2D eigenvalue weighted by atomic mass is 10.2. The molecule has 0 aliphatic carbocycles. The van der Waals surface area contributed by atoms with Gasteiger partial charge in [-0.25, -0.2) is 0 Å². The molecule has 0 radical (unpaired) electrons. The molecule has 12 heavy (non-hydrogen) atoms. The van der Waals surface area contributed by atoms with E-state index in [1.54, 1.807) is 12.3 Å². The molecular weight excluding hydrogens is 152 g/mol. The van der Waals surface area contributed by atoms with E-state index < -0.39 is 0 Å². The fourth-order valence-electron chi connectivity index (χ4n) is 1.16. The molecule has 0 bridgehead atoms. The van der Waals surface area contributed by atoms with Crippen LogP contribution in [-0.4, -0.2) is 0 Å². The van der Waals surface area contributed by atoms with Crippen LogP contribution in [0.2, 0.25) is 0 Å². The lowest BCUT2D eigenvalue weighted by Gasteiger charge is -1.94. The van der Waals surface area contributed by atoms with Crippen molar-refractivity contribution in [1.82, 2.24) is 0 Å². The molecule has 2 aromatic rings. The number of benzene rings is 1. The standard InChI is InChI=1S/C9H8N2O/c10-11-8-5-6-12-9-4-2-1-3-7(8)9/h1-6H,10H2/b11-8-. The zero-order chi connectivity index (χ0) is 8.39. The molecule has 0 saturated carbocycles. The third-order valence-corrected chi connectivity index (χ3v) is 1.72. The summed E-state index contributed by atoms with van der Waals surface area (Å²) >= 11 is 0. The van der Waals surface area contributed by atoms with Crippen molar-refractivity contribution in [2.75, 3.05) is 0 Å². The molecule has 3 nitrogen and oxygen atoms in total. The first-order valence-electron chi connectivity index (χ1n) is 3.62. The highest BCUT2D eigenvalue weighted by Crippen LogP contribution is 2.07. The zero-order valence-electron chi connectivity index (χ0n) is 6.40. The maximum absolute atomic E-state index is 5.24. The highest BCUT2D eigenvalue weighted by molar-refractivity contribution is 5.75. The molecule has 0 atom stereocenters. The summed E-state index contributed by atoms with van der Waals surface area (Å²) in [6.45, 7) is 0. The molecule has 0 amide bonds. The Hall–Kier alpha value is -1.77. The molecule has 0 aliphatic heterocycles. The van der Waals surface area contributed by atoms with E-state index in [4.69, 9.17) is 10.3 Å². The van der Waals surface area contributed by atoms with Crippen LogP contribution in [0.15, 0.2) is 46.1 Å². The Labute approximate surface area is 69.1 Å². The van der Waals surface area contributed by atoms with Crippen LogP contribution in [0, 0.1) is 0 Å². The molecule has 3 heteroatoms. The van der Waals surface area contributed by atoms with Gasteiger partial charge < -0.3 is 10.3 Å². The molecule has 2 rings (SSSR count). The molecule has 0 unspecified atom stereocenters. The van der Waals surface area contributed by atoms with Gasteiger partial charge in [0.25, 0.3) is 0 Å². The van der Waals surface area contributed by atoms with Crippen LogP contribution in [-0.2, 0) is 0 Å². The summed E-state index contributed by atoms with van der Waals surface area (Å²) in [5.41, 5.74) is 0.796. The summed E-state index contributed by atoms with van der Waals surface area (Å²) in [6, 6.07) is 9.37. The summed E-state index contributed by atoms with van der Waals surface area (Å²) in [6.07, 6.45) is 1.58. The van der Waals surface area contributed by atoms with Crippen LogP contribution in [0.5, 0.6) is 0 Å². The number of fused-ring (bicyclic) bond motifs is 1. The van der Waals surface area contributed by atoms with E-state index in [-0.39, 0.29) is 0 Å². The minimum Gasteiger partial charge on any atom is -0.464 e. The summed E-state index contributed by atoms with van der Waals surface area (Å²) in [4.78, 5) is 0. The van der Waals surface area contributed by atoms with Crippen molar-refractivity contribution >= 4 is 11.0 Å². The summed E-state index contributed by atoms with van der Waals surface area (Å²) in [7, 11) is 0. The monoisotopic (exact) mass is 160 g/mol. The molecule has 1 heterocycles. The average Bonchev–Trinajstić information content (AvgIpc) is 2.17. The fourth-order valence-corrected chi connectivity index (χ4v) is 1.16. The molecule has 2 N–H and O–H groups in total. The van der Waals surface area contributed by atoms with Crippen LogP contribution in [0.4, 0.5) is 0 Å². The van der Waals surface area contributed by atoms with Gasteiger partial charge >= 0.3 is 0 Å². The van der Waals surface area contributed by atoms with Gasteiger partial charge in [0, 0.05) is 11.5 Å². The number of nitrogens with zero attached hydrogens (tertiary/aromatic N) is 1. The van der Waals surface area contributed by atoms with Gasteiger partial charge in [-0.1, -0.05) is 12.1 Å². The predicted molar refractivity (Wildman–Crippen MR) is 46.0 cm³/mol. The first kappa shape index (κ1) is 6.91. The summed E-state index contributed by atoms with van der Waals surface area (Å²) < 4.78 is 5.24. The van der Waals surface area contributed by atoms with Crippen molar-refractivity contribution in [2.45, 2.75) is 0 Å². The van der Waals surface area contributed by atoms with Gasteiger partial charge in [0.05, 0.1) is 11.6 Å². The van der Waals surface area contributed by atoms with Gasteiger partial charge in [0.1, 0.15) is 5.58 Å². The molecular formula is C9H8N2O. The molecule has 60 valence electrons. The SMILES string of the molecule is N/N=c1/ccoc2ccccc12. The average molecular weight is 160 g/mol. The van der Waals surface area contributed by atoms with E-state index in [0.717, 1.165) is 16.3 Å². The Morgan fingerprint density at radius 3 is 2.83 bits per heavy atom. The van der Waals surface area contributed by atoms with Crippen molar-refractivity contribution in [3.8, 4) is 0 Å². The second-order valence-electron chi connectivity index (χ2n) is 2.43. The molecule has 1 aromatic carbocycles. The van der Waals surface area contributed by atoms with E-state index in [2.05, 4.69) is 5.10 Å². The van der Waals surface area contributed by atoms with Gasteiger partial charge in [0.2, 0.25) is 0 Å². The largest absolute Gasteiger partial charge is 0.464 e. The third kappa shape index (κ3) is 0.955. The van der Waals surface area contributed by atoms with E-state index >= 15 is 0 Å². The predicted octanol–water partition coefficient (Wildman–Crippen LogP) is 1.21. The van der Waals surface area contributed by atoms with Crippen molar-refractivity contribution in [3.63, 3.8) is 0 Å². The first-order valence-corrected chi connectivity index (χ1v) is 3.62. The van der Waals surface area contributed by atoms with Crippen LogP contribution in [0.3, 0.4) is 0 Å². The zero-order valence-corrected chi connectivity index (χ0v) is 6.40.